The van der Waals surface area contributed by atoms with E-state index in [2.05, 4.69) is 10.9 Å². The number of hydrogen-bond acceptors (Lipinski definition) is 4. The molecule has 0 heterocycles. The summed E-state index contributed by atoms with van der Waals surface area (Å²) < 4.78 is 10.0. The van der Waals surface area contributed by atoms with E-state index in [0.717, 1.165) is 16.9 Å². The first kappa shape index (κ1) is 17.1. The third-order valence-electron chi connectivity index (χ3n) is 3.04. The molecular formula is C18H18N2O4. The first-order valence-corrected chi connectivity index (χ1v) is 7.26. The van der Waals surface area contributed by atoms with Gasteiger partial charge in [0, 0.05) is 6.08 Å². The van der Waals surface area contributed by atoms with E-state index in [1.54, 1.807) is 37.5 Å². The molecule has 0 aliphatic carbocycles. The molecule has 2 aromatic rings. The Morgan fingerprint density at radius 2 is 1.71 bits per heavy atom. The minimum Gasteiger partial charge on any atom is -0.497 e. The molecule has 0 saturated carbocycles. The van der Waals surface area contributed by atoms with E-state index < -0.39 is 12.0 Å². The monoisotopic (exact) mass is 326 g/mol. The van der Waals surface area contributed by atoms with E-state index in [1.807, 2.05) is 30.3 Å². The van der Waals surface area contributed by atoms with Gasteiger partial charge >= 0.3 is 6.09 Å². The number of hydrazine groups is 1. The minimum absolute atomic E-state index is 0.0888. The van der Waals surface area contributed by atoms with Gasteiger partial charge < -0.3 is 9.47 Å². The molecule has 0 saturated heterocycles. The van der Waals surface area contributed by atoms with Crippen molar-refractivity contribution >= 4 is 18.1 Å². The zero-order chi connectivity index (χ0) is 17.2. The molecule has 0 spiro atoms. The molecule has 2 N–H and O–H groups in total. The van der Waals surface area contributed by atoms with Gasteiger partial charge in [-0.15, -0.1) is 0 Å². The number of rotatable bonds is 5. The minimum atomic E-state index is -0.743. The largest absolute Gasteiger partial charge is 0.497 e. The zero-order valence-electron chi connectivity index (χ0n) is 13.2. The van der Waals surface area contributed by atoms with Crippen molar-refractivity contribution in [2.75, 3.05) is 7.11 Å². The third-order valence-corrected chi connectivity index (χ3v) is 3.04. The van der Waals surface area contributed by atoms with Gasteiger partial charge in [-0.1, -0.05) is 42.5 Å². The fourth-order valence-corrected chi connectivity index (χ4v) is 1.80. The first-order chi connectivity index (χ1) is 11.7. The van der Waals surface area contributed by atoms with E-state index in [0.29, 0.717) is 0 Å². The van der Waals surface area contributed by atoms with Crippen LogP contribution in [0.15, 0.2) is 60.7 Å². The Kier molecular flexibility index (Phi) is 6.40. The number of ether oxygens (including phenoxy) is 2. The maximum Gasteiger partial charge on any atom is 0.426 e. The molecule has 124 valence electrons. The lowest BCUT2D eigenvalue weighted by Crippen LogP contribution is -2.41. The summed E-state index contributed by atoms with van der Waals surface area (Å²) in [5.74, 6) is 0.265. The molecule has 0 bridgehead atoms. The van der Waals surface area contributed by atoms with E-state index in [4.69, 9.17) is 9.47 Å². The molecule has 0 aliphatic heterocycles. The molecule has 6 heteroatoms. The Morgan fingerprint density at radius 3 is 2.38 bits per heavy atom. The fraction of sp³-hybridized carbons (Fsp3) is 0.111. The van der Waals surface area contributed by atoms with Crippen molar-refractivity contribution in [3.63, 3.8) is 0 Å². The number of benzene rings is 2. The van der Waals surface area contributed by atoms with E-state index >= 15 is 0 Å². The van der Waals surface area contributed by atoms with Crippen LogP contribution in [0.4, 0.5) is 4.79 Å². The lowest BCUT2D eigenvalue weighted by Gasteiger charge is -2.07. The van der Waals surface area contributed by atoms with E-state index in [-0.39, 0.29) is 6.61 Å². The van der Waals surface area contributed by atoms with Crippen LogP contribution in [0, 0.1) is 0 Å². The summed E-state index contributed by atoms with van der Waals surface area (Å²) in [6.07, 6.45) is 2.21. The lowest BCUT2D eigenvalue weighted by atomic mass is 10.2. The maximum atomic E-state index is 11.6. The average molecular weight is 326 g/mol. The van der Waals surface area contributed by atoms with Crippen molar-refractivity contribution in [3.8, 4) is 5.75 Å². The Hall–Kier alpha value is -3.28. The number of nitrogens with one attached hydrogen (secondary N) is 2. The van der Waals surface area contributed by atoms with Crippen molar-refractivity contribution in [1.29, 1.82) is 0 Å². The molecule has 24 heavy (non-hydrogen) atoms. The molecule has 0 aliphatic rings. The highest BCUT2D eigenvalue weighted by Crippen LogP contribution is 2.11. The third kappa shape index (κ3) is 5.84. The molecule has 0 fully saturated rings. The normalized spacial score (nSPS) is 10.2. The predicted octanol–water partition coefficient (Wildman–Crippen LogP) is 2.67. The van der Waals surface area contributed by atoms with Crippen molar-refractivity contribution in [1.82, 2.24) is 10.9 Å². The quantitative estimate of drug-likeness (QED) is 0.654. The number of carbonyl (C=O) groups excluding carboxylic acids is 2. The van der Waals surface area contributed by atoms with Crippen LogP contribution in [-0.4, -0.2) is 19.1 Å². The summed E-state index contributed by atoms with van der Waals surface area (Å²) in [6.45, 7) is 0.0888. The van der Waals surface area contributed by atoms with Crippen LogP contribution in [0.3, 0.4) is 0 Å². The van der Waals surface area contributed by atoms with Gasteiger partial charge in [-0.3, -0.25) is 10.2 Å². The van der Waals surface area contributed by atoms with E-state index in [1.165, 1.54) is 6.08 Å². The van der Waals surface area contributed by atoms with Gasteiger partial charge in [0.2, 0.25) is 0 Å². The van der Waals surface area contributed by atoms with Crippen molar-refractivity contribution in [3.05, 3.63) is 71.8 Å². The Bertz CT molecular complexity index is 697. The summed E-state index contributed by atoms with van der Waals surface area (Å²) in [5, 5.41) is 0. The Labute approximate surface area is 140 Å². The Morgan fingerprint density at radius 1 is 1.00 bits per heavy atom. The average Bonchev–Trinajstić information content (AvgIpc) is 2.64. The van der Waals surface area contributed by atoms with Gasteiger partial charge in [-0.2, -0.15) is 0 Å². The molecule has 0 aromatic heterocycles. The van der Waals surface area contributed by atoms with Gasteiger partial charge in [-0.25, -0.2) is 10.2 Å². The van der Waals surface area contributed by atoms with Crippen molar-refractivity contribution in [2.24, 2.45) is 0 Å². The molecular weight excluding hydrogens is 308 g/mol. The van der Waals surface area contributed by atoms with Gasteiger partial charge in [0.25, 0.3) is 5.91 Å². The van der Waals surface area contributed by atoms with Crippen LogP contribution in [-0.2, 0) is 16.1 Å². The van der Waals surface area contributed by atoms with Gasteiger partial charge in [-0.05, 0) is 29.3 Å². The number of hydrogen-bond donors (Lipinski definition) is 2. The lowest BCUT2D eigenvalue weighted by molar-refractivity contribution is -0.117. The van der Waals surface area contributed by atoms with Crippen LogP contribution in [0.2, 0.25) is 0 Å². The van der Waals surface area contributed by atoms with Crippen LogP contribution in [0.5, 0.6) is 5.75 Å². The summed E-state index contributed by atoms with van der Waals surface area (Å²) >= 11 is 0. The number of carbonyl (C=O) groups is 2. The first-order valence-electron chi connectivity index (χ1n) is 7.26. The second kappa shape index (κ2) is 8.99. The van der Waals surface area contributed by atoms with E-state index in [9.17, 15) is 9.59 Å². The maximum absolute atomic E-state index is 11.6. The van der Waals surface area contributed by atoms with Gasteiger partial charge in [0.15, 0.2) is 0 Å². The van der Waals surface area contributed by atoms with Crippen LogP contribution in [0.25, 0.3) is 6.08 Å². The van der Waals surface area contributed by atoms with Crippen LogP contribution >= 0.6 is 0 Å². The molecule has 2 rings (SSSR count). The molecule has 2 aromatic carbocycles. The molecule has 0 atom stereocenters. The summed E-state index contributed by atoms with van der Waals surface area (Å²) in [5.41, 5.74) is 6.10. The number of amides is 2. The summed E-state index contributed by atoms with van der Waals surface area (Å²) in [6, 6.07) is 16.5. The van der Waals surface area contributed by atoms with Crippen LogP contribution < -0.4 is 15.6 Å². The van der Waals surface area contributed by atoms with Crippen LogP contribution in [0.1, 0.15) is 11.1 Å². The van der Waals surface area contributed by atoms with Gasteiger partial charge in [0.1, 0.15) is 12.4 Å². The topological polar surface area (TPSA) is 76.7 Å². The standard InChI is InChI=1S/C18H18N2O4/c1-23-16-10-7-15(8-11-16)13-24-18(22)20-19-17(21)12-9-14-5-3-2-4-6-14/h2-12H,13H2,1H3,(H,19,21)(H,20,22)/b12-9+. The number of methoxy groups -OCH3 is 1. The second-order valence-corrected chi connectivity index (χ2v) is 4.78. The molecule has 2 amide bonds. The van der Waals surface area contributed by atoms with Gasteiger partial charge in [0.05, 0.1) is 7.11 Å². The molecule has 6 nitrogen and oxygen atoms in total. The van der Waals surface area contributed by atoms with Crippen molar-refractivity contribution in [2.45, 2.75) is 6.61 Å². The van der Waals surface area contributed by atoms with Crippen molar-refractivity contribution < 1.29 is 19.1 Å². The summed E-state index contributed by atoms with van der Waals surface area (Å²) in [4.78, 5) is 23.1. The highest BCUT2D eigenvalue weighted by molar-refractivity contribution is 5.92. The fourth-order valence-electron chi connectivity index (χ4n) is 1.80. The SMILES string of the molecule is COc1ccc(COC(=O)NNC(=O)/C=C/c2ccccc2)cc1. The molecule has 0 unspecified atom stereocenters. The highest BCUT2D eigenvalue weighted by Gasteiger charge is 2.04. The second-order valence-electron chi connectivity index (χ2n) is 4.78. The highest BCUT2D eigenvalue weighted by atomic mass is 16.6. The molecule has 0 radical (unpaired) electrons. The zero-order valence-corrected chi connectivity index (χ0v) is 13.2. The summed E-state index contributed by atoms with van der Waals surface area (Å²) in [7, 11) is 1.58. The predicted molar refractivity (Wildman–Crippen MR) is 89.9 cm³/mol. The Balaban J connectivity index is 1.70. The smallest absolute Gasteiger partial charge is 0.426 e.